The van der Waals surface area contributed by atoms with E-state index in [1.54, 1.807) is 6.08 Å². The highest BCUT2D eigenvalue weighted by atomic mass is 16.7. The fraction of sp³-hybridized carbons (Fsp3) is 0.286. The van der Waals surface area contributed by atoms with Gasteiger partial charge in [-0.25, -0.2) is 0 Å². The van der Waals surface area contributed by atoms with Crippen LogP contribution in [0.15, 0.2) is 48.5 Å². The first-order valence-corrected chi connectivity index (χ1v) is 8.87. The maximum atomic E-state index is 12.5. The van der Waals surface area contributed by atoms with Crippen LogP contribution in [0.25, 0.3) is 6.08 Å². The third kappa shape index (κ3) is 3.52. The average Bonchev–Trinajstić information content (AvgIpc) is 3.14. The van der Waals surface area contributed by atoms with Crippen LogP contribution >= 0.6 is 0 Å². The van der Waals surface area contributed by atoms with E-state index in [0.29, 0.717) is 0 Å². The van der Waals surface area contributed by atoms with Crippen molar-refractivity contribution in [3.8, 4) is 11.5 Å². The second-order valence-corrected chi connectivity index (χ2v) is 6.60. The number of hydrogen-bond acceptors (Lipinski definition) is 4. The Balaban J connectivity index is 1.35. The Morgan fingerprint density at radius 3 is 2.62 bits per heavy atom. The standard InChI is InChI=1S/C21H22N2O3/c1-16-3-2-4-18(13-16)22-9-11-23(12-10-22)21(24)8-6-17-5-7-19-20(14-17)26-15-25-19/h2-8,13-14H,9-12,15H2,1H3/b8-6+. The van der Waals surface area contributed by atoms with E-state index < -0.39 is 0 Å². The summed E-state index contributed by atoms with van der Waals surface area (Å²) in [5.74, 6) is 1.53. The van der Waals surface area contributed by atoms with Crippen LogP contribution < -0.4 is 14.4 Å². The highest BCUT2D eigenvalue weighted by Gasteiger charge is 2.20. The maximum Gasteiger partial charge on any atom is 0.246 e. The van der Waals surface area contributed by atoms with Gasteiger partial charge in [0.2, 0.25) is 12.7 Å². The molecule has 0 bridgehead atoms. The van der Waals surface area contributed by atoms with E-state index in [0.717, 1.165) is 43.2 Å². The van der Waals surface area contributed by atoms with E-state index in [-0.39, 0.29) is 12.7 Å². The Kier molecular flexibility index (Phi) is 4.52. The molecular formula is C21H22N2O3. The van der Waals surface area contributed by atoms with E-state index in [9.17, 15) is 4.79 Å². The minimum Gasteiger partial charge on any atom is -0.454 e. The number of benzene rings is 2. The number of ether oxygens (including phenoxy) is 2. The van der Waals surface area contributed by atoms with Gasteiger partial charge in [-0.2, -0.15) is 0 Å². The molecule has 0 unspecified atom stereocenters. The molecule has 0 radical (unpaired) electrons. The van der Waals surface area contributed by atoms with Crippen LogP contribution in [0.4, 0.5) is 5.69 Å². The smallest absolute Gasteiger partial charge is 0.246 e. The summed E-state index contributed by atoms with van der Waals surface area (Å²) in [5, 5.41) is 0. The second-order valence-electron chi connectivity index (χ2n) is 6.60. The predicted octanol–water partition coefficient (Wildman–Crippen LogP) is 3.09. The van der Waals surface area contributed by atoms with Crippen LogP contribution in [0.5, 0.6) is 11.5 Å². The Labute approximate surface area is 153 Å². The van der Waals surface area contributed by atoms with E-state index >= 15 is 0 Å². The van der Waals surface area contributed by atoms with Crippen LogP contribution in [0.1, 0.15) is 11.1 Å². The van der Waals surface area contributed by atoms with Crippen molar-refractivity contribution in [2.45, 2.75) is 6.92 Å². The first-order valence-electron chi connectivity index (χ1n) is 8.87. The van der Waals surface area contributed by atoms with Crippen LogP contribution in [0.2, 0.25) is 0 Å². The van der Waals surface area contributed by atoms with Gasteiger partial charge in [0.15, 0.2) is 11.5 Å². The summed E-state index contributed by atoms with van der Waals surface area (Å²) >= 11 is 0. The second kappa shape index (κ2) is 7.12. The number of carbonyl (C=O) groups is 1. The van der Waals surface area contributed by atoms with Crippen LogP contribution in [-0.2, 0) is 4.79 Å². The molecule has 1 amide bonds. The van der Waals surface area contributed by atoms with Crippen molar-refractivity contribution in [3.63, 3.8) is 0 Å². The van der Waals surface area contributed by atoms with Crippen molar-refractivity contribution in [1.29, 1.82) is 0 Å². The molecule has 0 spiro atoms. The minimum atomic E-state index is 0.0477. The van der Waals surface area contributed by atoms with Crippen molar-refractivity contribution in [3.05, 3.63) is 59.7 Å². The number of amides is 1. The van der Waals surface area contributed by atoms with Gasteiger partial charge in [0.25, 0.3) is 0 Å². The lowest BCUT2D eigenvalue weighted by Crippen LogP contribution is -2.48. The highest BCUT2D eigenvalue weighted by molar-refractivity contribution is 5.92. The molecule has 1 fully saturated rings. The number of piperazine rings is 1. The summed E-state index contributed by atoms with van der Waals surface area (Å²) in [6, 6.07) is 14.2. The van der Waals surface area contributed by atoms with Gasteiger partial charge in [0.1, 0.15) is 0 Å². The fourth-order valence-electron chi connectivity index (χ4n) is 3.30. The molecule has 0 aliphatic carbocycles. The zero-order valence-corrected chi connectivity index (χ0v) is 14.9. The number of aryl methyl sites for hydroxylation is 1. The van der Waals surface area contributed by atoms with Crippen LogP contribution in [-0.4, -0.2) is 43.8 Å². The number of nitrogens with zero attached hydrogens (tertiary/aromatic N) is 2. The maximum absolute atomic E-state index is 12.5. The first-order chi connectivity index (χ1) is 12.7. The molecule has 2 aliphatic rings. The van der Waals surface area contributed by atoms with Crippen LogP contribution in [0.3, 0.4) is 0 Å². The van der Waals surface area contributed by atoms with Gasteiger partial charge in [-0.3, -0.25) is 4.79 Å². The molecule has 134 valence electrons. The molecule has 1 saturated heterocycles. The Bertz CT molecular complexity index is 839. The minimum absolute atomic E-state index is 0.0477. The Morgan fingerprint density at radius 2 is 1.81 bits per heavy atom. The predicted molar refractivity (Wildman–Crippen MR) is 102 cm³/mol. The molecule has 0 atom stereocenters. The lowest BCUT2D eigenvalue weighted by Gasteiger charge is -2.35. The molecule has 5 nitrogen and oxygen atoms in total. The lowest BCUT2D eigenvalue weighted by atomic mass is 10.1. The Morgan fingerprint density at radius 1 is 1.00 bits per heavy atom. The first kappa shape index (κ1) is 16.5. The van der Waals surface area contributed by atoms with Gasteiger partial charge in [-0.15, -0.1) is 0 Å². The molecule has 5 heteroatoms. The summed E-state index contributed by atoms with van der Waals surface area (Å²) in [7, 11) is 0. The van der Waals surface area contributed by atoms with Gasteiger partial charge in [-0.1, -0.05) is 18.2 Å². The topological polar surface area (TPSA) is 42.0 Å². The summed E-state index contributed by atoms with van der Waals surface area (Å²) in [6.45, 7) is 5.54. The zero-order valence-electron chi connectivity index (χ0n) is 14.9. The van der Waals surface area contributed by atoms with E-state index in [1.165, 1.54) is 11.3 Å². The van der Waals surface area contributed by atoms with Crippen molar-refractivity contribution >= 4 is 17.7 Å². The molecule has 2 aromatic rings. The molecule has 2 aromatic carbocycles. The van der Waals surface area contributed by atoms with Crippen molar-refractivity contribution in [2.75, 3.05) is 37.9 Å². The van der Waals surface area contributed by atoms with E-state index in [4.69, 9.17) is 9.47 Å². The van der Waals surface area contributed by atoms with E-state index in [2.05, 4.69) is 36.1 Å². The van der Waals surface area contributed by atoms with Gasteiger partial charge in [0, 0.05) is 37.9 Å². The SMILES string of the molecule is Cc1cccc(N2CCN(C(=O)/C=C/c3ccc4c(c3)OCO4)CC2)c1. The molecule has 4 rings (SSSR count). The van der Waals surface area contributed by atoms with Gasteiger partial charge in [-0.05, 0) is 48.4 Å². The van der Waals surface area contributed by atoms with Gasteiger partial charge >= 0.3 is 0 Å². The molecule has 0 saturated carbocycles. The Hall–Kier alpha value is -2.95. The van der Waals surface area contributed by atoms with Crippen molar-refractivity contribution in [1.82, 2.24) is 4.90 Å². The summed E-state index contributed by atoms with van der Waals surface area (Å²) in [5.41, 5.74) is 3.42. The highest BCUT2D eigenvalue weighted by Crippen LogP contribution is 2.32. The summed E-state index contributed by atoms with van der Waals surface area (Å²) in [4.78, 5) is 16.7. The third-order valence-corrected chi connectivity index (χ3v) is 4.77. The van der Waals surface area contributed by atoms with Crippen molar-refractivity contribution < 1.29 is 14.3 Å². The fourth-order valence-corrected chi connectivity index (χ4v) is 3.30. The van der Waals surface area contributed by atoms with Gasteiger partial charge < -0.3 is 19.3 Å². The zero-order chi connectivity index (χ0) is 17.9. The number of anilines is 1. The molecule has 2 heterocycles. The number of fused-ring (bicyclic) bond motifs is 1. The monoisotopic (exact) mass is 350 g/mol. The van der Waals surface area contributed by atoms with Crippen LogP contribution in [0, 0.1) is 6.92 Å². The molecule has 2 aliphatic heterocycles. The molecule has 0 aromatic heterocycles. The van der Waals surface area contributed by atoms with E-state index in [1.807, 2.05) is 29.2 Å². The number of hydrogen-bond donors (Lipinski definition) is 0. The number of rotatable bonds is 3. The largest absolute Gasteiger partial charge is 0.454 e. The quantitative estimate of drug-likeness (QED) is 0.798. The normalized spacial score (nSPS) is 16.3. The molecular weight excluding hydrogens is 328 g/mol. The number of carbonyl (C=O) groups excluding carboxylic acids is 1. The molecule has 0 N–H and O–H groups in total. The average molecular weight is 350 g/mol. The van der Waals surface area contributed by atoms with Gasteiger partial charge in [0.05, 0.1) is 0 Å². The summed E-state index contributed by atoms with van der Waals surface area (Å²) in [6.07, 6.45) is 3.47. The molecule has 26 heavy (non-hydrogen) atoms. The van der Waals surface area contributed by atoms with Crippen molar-refractivity contribution in [2.24, 2.45) is 0 Å². The third-order valence-electron chi connectivity index (χ3n) is 4.77. The lowest BCUT2D eigenvalue weighted by molar-refractivity contribution is -0.126. The summed E-state index contributed by atoms with van der Waals surface area (Å²) < 4.78 is 10.7.